The summed E-state index contributed by atoms with van der Waals surface area (Å²) in [5.74, 6) is -0.116. The Labute approximate surface area is 116 Å². The number of hydrogen-bond acceptors (Lipinski definition) is 4. The van der Waals surface area contributed by atoms with E-state index in [-0.39, 0.29) is 12.5 Å². The summed E-state index contributed by atoms with van der Waals surface area (Å²) in [5.41, 5.74) is 0.598. The normalized spacial score (nSPS) is 21.8. The number of hydrogen-bond donors (Lipinski definition) is 0. The second-order valence-electron chi connectivity index (χ2n) is 4.00. The largest absolute Gasteiger partial charge is 0.497 e. The third kappa shape index (κ3) is 2.38. The Kier molecular flexibility index (Phi) is 3.95. The van der Waals surface area contributed by atoms with E-state index in [1.807, 2.05) is 0 Å². The van der Waals surface area contributed by atoms with Crippen LogP contribution in [0.1, 0.15) is 6.92 Å². The van der Waals surface area contributed by atoms with Crippen LogP contribution in [-0.4, -0.2) is 37.0 Å². The first-order valence-electron chi connectivity index (χ1n) is 5.88. The van der Waals surface area contributed by atoms with Crippen LogP contribution in [0.25, 0.3) is 0 Å². The van der Waals surface area contributed by atoms with Crippen molar-refractivity contribution in [3.63, 3.8) is 0 Å². The van der Waals surface area contributed by atoms with Crippen LogP contribution in [0.5, 0.6) is 5.75 Å². The van der Waals surface area contributed by atoms with Crippen molar-refractivity contribution in [2.45, 2.75) is 18.3 Å². The molecule has 1 saturated heterocycles. The molecule has 1 amide bonds. The number of anilines is 1. The molecule has 2 rings (SSSR count). The zero-order valence-electron chi connectivity index (χ0n) is 10.6. The molecule has 2 atom stereocenters. The van der Waals surface area contributed by atoms with E-state index in [0.29, 0.717) is 11.4 Å². The average Bonchev–Trinajstić information content (AvgIpc) is 2.44. The molecule has 1 aliphatic heterocycles. The quantitative estimate of drug-likeness (QED) is 0.478. The summed E-state index contributed by atoms with van der Waals surface area (Å²) in [7, 11) is 1.56. The summed E-state index contributed by atoms with van der Waals surface area (Å²) >= 11 is 5.88. The summed E-state index contributed by atoms with van der Waals surface area (Å²) in [5, 5.41) is -0.860. The summed E-state index contributed by atoms with van der Waals surface area (Å²) in [4.78, 5) is 24.9. The predicted molar refractivity (Wildman–Crippen MR) is 70.5 cm³/mol. The number of nitrogens with zero attached hydrogens (tertiary/aromatic N) is 1. The van der Waals surface area contributed by atoms with Gasteiger partial charge in [-0.1, -0.05) is 0 Å². The zero-order valence-corrected chi connectivity index (χ0v) is 11.4. The molecule has 0 aliphatic carbocycles. The summed E-state index contributed by atoms with van der Waals surface area (Å²) < 4.78 is 9.96. The first-order chi connectivity index (χ1) is 9.10. The van der Waals surface area contributed by atoms with Gasteiger partial charge in [0.05, 0.1) is 13.7 Å². The first-order valence-corrected chi connectivity index (χ1v) is 6.31. The van der Waals surface area contributed by atoms with E-state index in [1.54, 1.807) is 38.3 Å². The number of amides is 1. The third-order valence-electron chi connectivity index (χ3n) is 2.91. The Bertz CT molecular complexity index is 488. The topological polar surface area (TPSA) is 55.8 Å². The molecule has 0 bridgehead atoms. The van der Waals surface area contributed by atoms with Gasteiger partial charge in [0.25, 0.3) is 0 Å². The lowest BCUT2D eigenvalue weighted by Gasteiger charge is -2.42. The maximum atomic E-state index is 11.8. The fourth-order valence-corrected chi connectivity index (χ4v) is 2.26. The monoisotopic (exact) mass is 283 g/mol. The molecule has 19 heavy (non-hydrogen) atoms. The molecule has 1 heterocycles. The zero-order chi connectivity index (χ0) is 14.0. The fraction of sp³-hybridized carbons (Fsp3) is 0.385. The lowest BCUT2D eigenvalue weighted by atomic mass is 10.00. The van der Waals surface area contributed by atoms with Gasteiger partial charge >= 0.3 is 5.97 Å². The van der Waals surface area contributed by atoms with Gasteiger partial charge in [0.15, 0.2) is 6.04 Å². The molecular weight excluding hydrogens is 270 g/mol. The average molecular weight is 284 g/mol. The molecule has 0 spiro atoms. The number of rotatable bonds is 4. The molecule has 5 nitrogen and oxygen atoms in total. The van der Waals surface area contributed by atoms with Crippen molar-refractivity contribution in [3.8, 4) is 5.75 Å². The SMILES string of the molecule is CCOC(=O)C1C(Cl)C(=O)N1c1ccc(OC)cc1. The van der Waals surface area contributed by atoms with Crippen LogP contribution >= 0.6 is 11.6 Å². The maximum absolute atomic E-state index is 11.8. The number of carbonyl (C=O) groups is 2. The van der Waals surface area contributed by atoms with Crippen LogP contribution in [0.3, 0.4) is 0 Å². The van der Waals surface area contributed by atoms with Gasteiger partial charge in [0.2, 0.25) is 5.91 Å². The Balaban J connectivity index is 2.21. The Morgan fingerprint density at radius 2 is 2.00 bits per heavy atom. The van der Waals surface area contributed by atoms with Crippen LogP contribution in [0.4, 0.5) is 5.69 Å². The number of carbonyl (C=O) groups excluding carboxylic acids is 2. The van der Waals surface area contributed by atoms with Crippen molar-refractivity contribution in [2.75, 3.05) is 18.6 Å². The lowest BCUT2D eigenvalue weighted by molar-refractivity contribution is -0.149. The second-order valence-corrected chi connectivity index (χ2v) is 4.48. The van der Waals surface area contributed by atoms with Gasteiger partial charge in [-0.25, -0.2) is 4.79 Å². The molecular formula is C13H14ClNO4. The first kappa shape index (κ1) is 13.7. The number of benzene rings is 1. The predicted octanol–water partition coefficient (Wildman–Crippen LogP) is 1.58. The molecule has 1 fully saturated rings. The molecule has 2 unspecified atom stereocenters. The summed E-state index contributed by atoms with van der Waals surface area (Å²) in [6.45, 7) is 1.96. The van der Waals surface area contributed by atoms with Crippen molar-refractivity contribution in [1.82, 2.24) is 0 Å². The van der Waals surface area contributed by atoms with Gasteiger partial charge in [0.1, 0.15) is 11.1 Å². The van der Waals surface area contributed by atoms with Crippen LogP contribution in [0.15, 0.2) is 24.3 Å². The lowest BCUT2D eigenvalue weighted by Crippen LogP contribution is -2.66. The minimum absolute atomic E-state index is 0.254. The molecule has 0 aromatic heterocycles. The van der Waals surface area contributed by atoms with Gasteiger partial charge in [-0.05, 0) is 31.2 Å². The Morgan fingerprint density at radius 3 is 2.53 bits per heavy atom. The van der Waals surface area contributed by atoms with Crippen molar-refractivity contribution in [3.05, 3.63) is 24.3 Å². The van der Waals surface area contributed by atoms with Gasteiger partial charge in [-0.2, -0.15) is 0 Å². The van der Waals surface area contributed by atoms with E-state index >= 15 is 0 Å². The standard InChI is InChI=1S/C13H14ClNO4/c1-3-19-13(17)11-10(14)12(16)15(11)8-4-6-9(18-2)7-5-8/h4-7,10-11H,3H2,1-2H3. The highest BCUT2D eigenvalue weighted by molar-refractivity contribution is 6.39. The third-order valence-corrected chi connectivity index (χ3v) is 3.33. The van der Waals surface area contributed by atoms with Gasteiger partial charge in [-0.15, -0.1) is 11.6 Å². The van der Waals surface area contributed by atoms with E-state index in [4.69, 9.17) is 21.1 Å². The fourth-order valence-electron chi connectivity index (χ4n) is 1.94. The second kappa shape index (κ2) is 5.48. The number of ether oxygens (including phenoxy) is 2. The molecule has 102 valence electrons. The number of methoxy groups -OCH3 is 1. The van der Waals surface area contributed by atoms with E-state index in [2.05, 4.69) is 0 Å². The maximum Gasteiger partial charge on any atom is 0.331 e. The molecule has 1 aromatic rings. The number of esters is 1. The highest BCUT2D eigenvalue weighted by atomic mass is 35.5. The van der Waals surface area contributed by atoms with E-state index in [0.717, 1.165) is 0 Å². The Morgan fingerprint density at radius 1 is 1.37 bits per heavy atom. The Hall–Kier alpha value is -1.75. The molecule has 0 saturated carbocycles. The van der Waals surface area contributed by atoms with Crippen LogP contribution in [0.2, 0.25) is 0 Å². The van der Waals surface area contributed by atoms with Crippen molar-refractivity contribution < 1.29 is 19.1 Å². The van der Waals surface area contributed by atoms with E-state index in [1.165, 1.54) is 4.90 Å². The van der Waals surface area contributed by atoms with Crippen LogP contribution in [-0.2, 0) is 14.3 Å². The molecule has 6 heteroatoms. The number of halogens is 1. The molecule has 0 N–H and O–H groups in total. The van der Waals surface area contributed by atoms with E-state index < -0.39 is 17.4 Å². The highest BCUT2D eigenvalue weighted by Gasteiger charge is 2.52. The van der Waals surface area contributed by atoms with Crippen molar-refractivity contribution in [1.29, 1.82) is 0 Å². The smallest absolute Gasteiger partial charge is 0.331 e. The van der Waals surface area contributed by atoms with Gasteiger partial charge < -0.3 is 9.47 Å². The molecule has 0 radical (unpaired) electrons. The van der Waals surface area contributed by atoms with Crippen LogP contribution in [0, 0.1) is 0 Å². The number of β-lactam (4-membered cyclic amide) rings is 1. The summed E-state index contributed by atoms with van der Waals surface area (Å²) in [6, 6.07) is 6.07. The van der Waals surface area contributed by atoms with Crippen molar-refractivity contribution >= 4 is 29.2 Å². The highest BCUT2D eigenvalue weighted by Crippen LogP contribution is 2.33. The van der Waals surface area contributed by atoms with Crippen molar-refractivity contribution in [2.24, 2.45) is 0 Å². The number of alkyl halides is 1. The minimum atomic E-state index is -0.860. The molecule has 1 aliphatic rings. The van der Waals surface area contributed by atoms with E-state index in [9.17, 15) is 9.59 Å². The minimum Gasteiger partial charge on any atom is -0.497 e. The van der Waals surface area contributed by atoms with Crippen LogP contribution < -0.4 is 9.64 Å². The summed E-state index contributed by atoms with van der Waals surface area (Å²) in [6.07, 6.45) is 0. The van der Waals surface area contributed by atoms with Gasteiger partial charge in [-0.3, -0.25) is 9.69 Å². The molecule has 1 aromatic carbocycles. The van der Waals surface area contributed by atoms with Gasteiger partial charge in [0, 0.05) is 5.69 Å².